The maximum absolute atomic E-state index is 13.4. The number of nitrogens with zero attached hydrogens (tertiary/aromatic N) is 2. The molecule has 132 valence electrons. The Morgan fingerprint density at radius 3 is 2.73 bits per heavy atom. The molecule has 0 radical (unpaired) electrons. The van der Waals surface area contributed by atoms with Gasteiger partial charge >= 0.3 is 0 Å². The molecule has 0 bridgehead atoms. The second-order valence-corrected chi connectivity index (χ2v) is 6.96. The standard InChI is InChI=1S/C19H15ClFN3OS/c1-12-8-18(24-19(22-12)13-4-2-6-15(21)9-13)26-11-17(25)23-16-7-3-5-14(20)10-16/h2-10H,11H2,1H3,(H,23,25). The molecule has 4 nitrogen and oxygen atoms in total. The molecule has 2 aromatic carbocycles. The highest BCUT2D eigenvalue weighted by Gasteiger charge is 2.09. The quantitative estimate of drug-likeness (QED) is 0.495. The number of thioether (sulfide) groups is 1. The number of carbonyl (C=O) groups excluding carboxylic acids is 1. The summed E-state index contributed by atoms with van der Waals surface area (Å²) in [5.41, 5.74) is 1.98. The maximum Gasteiger partial charge on any atom is 0.234 e. The molecule has 1 N–H and O–H groups in total. The smallest absolute Gasteiger partial charge is 0.234 e. The van der Waals surface area contributed by atoms with Crippen molar-refractivity contribution < 1.29 is 9.18 Å². The summed E-state index contributed by atoms with van der Waals surface area (Å²) in [6.45, 7) is 1.83. The van der Waals surface area contributed by atoms with Crippen LogP contribution < -0.4 is 5.32 Å². The van der Waals surface area contributed by atoms with Crippen LogP contribution in [0.4, 0.5) is 10.1 Å². The van der Waals surface area contributed by atoms with Crippen molar-refractivity contribution in [1.82, 2.24) is 9.97 Å². The zero-order valence-corrected chi connectivity index (χ0v) is 15.4. The van der Waals surface area contributed by atoms with Crippen LogP contribution in [0.3, 0.4) is 0 Å². The summed E-state index contributed by atoms with van der Waals surface area (Å²) in [5, 5.41) is 3.99. The monoisotopic (exact) mass is 387 g/mol. The number of rotatable bonds is 5. The zero-order valence-electron chi connectivity index (χ0n) is 13.9. The third-order valence-electron chi connectivity index (χ3n) is 3.37. The molecule has 1 aromatic heterocycles. The van der Waals surface area contributed by atoms with E-state index in [9.17, 15) is 9.18 Å². The van der Waals surface area contributed by atoms with Crippen LogP contribution >= 0.6 is 23.4 Å². The molecule has 0 aliphatic heterocycles. The molecular weight excluding hydrogens is 373 g/mol. The summed E-state index contributed by atoms with van der Waals surface area (Å²) in [6, 6.07) is 14.9. The van der Waals surface area contributed by atoms with E-state index in [2.05, 4.69) is 15.3 Å². The number of anilines is 1. The van der Waals surface area contributed by atoms with Crippen molar-refractivity contribution in [2.24, 2.45) is 0 Å². The van der Waals surface area contributed by atoms with Gasteiger partial charge in [-0.1, -0.05) is 41.6 Å². The van der Waals surface area contributed by atoms with Gasteiger partial charge in [-0.15, -0.1) is 0 Å². The molecule has 1 amide bonds. The van der Waals surface area contributed by atoms with Gasteiger partial charge in [-0.2, -0.15) is 0 Å². The summed E-state index contributed by atoms with van der Waals surface area (Å²) in [6.07, 6.45) is 0. The lowest BCUT2D eigenvalue weighted by molar-refractivity contribution is -0.113. The number of benzene rings is 2. The number of aromatic nitrogens is 2. The van der Waals surface area contributed by atoms with Gasteiger partial charge in [0.2, 0.25) is 5.91 Å². The van der Waals surface area contributed by atoms with Crippen molar-refractivity contribution in [3.63, 3.8) is 0 Å². The Bertz CT molecular complexity index is 952. The highest BCUT2D eigenvalue weighted by Crippen LogP contribution is 2.22. The zero-order chi connectivity index (χ0) is 18.5. The highest BCUT2D eigenvalue weighted by molar-refractivity contribution is 7.99. The fourth-order valence-electron chi connectivity index (χ4n) is 2.27. The van der Waals surface area contributed by atoms with Crippen molar-refractivity contribution in [2.75, 3.05) is 11.1 Å². The van der Waals surface area contributed by atoms with E-state index in [1.165, 1.54) is 23.9 Å². The lowest BCUT2D eigenvalue weighted by atomic mass is 10.2. The molecule has 0 atom stereocenters. The Kier molecular flexibility index (Phi) is 5.85. The van der Waals surface area contributed by atoms with Crippen molar-refractivity contribution in [3.8, 4) is 11.4 Å². The van der Waals surface area contributed by atoms with Gasteiger partial charge in [-0.3, -0.25) is 4.79 Å². The van der Waals surface area contributed by atoms with Gasteiger partial charge < -0.3 is 5.32 Å². The molecule has 0 aliphatic rings. The average Bonchev–Trinajstić information content (AvgIpc) is 2.59. The predicted molar refractivity (Wildman–Crippen MR) is 103 cm³/mol. The molecule has 26 heavy (non-hydrogen) atoms. The number of hydrogen-bond acceptors (Lipinski definition) is 4. The molecule has 1 heterocycles. The molecule has 0 aliphatic carbocycles. The molecule has 3 aromatic rings. The van der Waals surface area contributed by atoms with Crippen LogP contribution in [0.2, 0.25) is 5.02 Å². The summed E-state index contributed by atoms with van der Waals surface area (Å²) in [5.74, 6) is 0.108. The minimum atomic E-state index is -0.345. The first-order valence-electron chi connectivity index (χ1n) is 7.79. The molecule has 0 fully saturated rings. The van der Waals surface area contributed by atoms with Crippen LogP contribution in [0.1, 0.15) is 5.69 Å². The van der Waals surface area contributed by atoms with Crippen LogP contribution in [0.15, 0.2) is 59.6 Å². The van der Waals surface area contributed by atoms with E-state index in [4.69, 9.17) is 11.6 Å². The fraction of sp³-hybridized carbons (Fsp3) is 0.105. The second-order valence-electron chi connectivity index (χ2n) is 5.53. The van der Waals surface area contributed by atoms with Crippen LogP contribution in [-0.4, -0.2) is 21.6 Å². The van der Waals surface area contributed by atoms with E-state index in [-0.39, 0.29) is 17.5 Å². The van der Waals surface area contributed by atoms with E-state index >= 15 is 0 Å². The van der Waals surface area contributed by atoms with Crippen LogP contribution in [0, 0.1) is 12.7 Å². The molecule has 0 saturated heterocycles. The summed E-state index contributed by atoms with van der Waals surface area (Å²) >= 11 is 7.19. The largest absolute Gasteiger partial charge is 0.325 e. The third kappa shape index (κ3) is 5.03. The van der Waals surface area contributed by atoms with Gasteiger partial charge in [-0.25, -0.2) is 14.4 Å². The van der Waals surface area contributed by atoms with E-state index < -0.39 is 0 Å². The molecule has 0 spiro atoms. The van der Waals surface area contributed by atoms with Crippen molar-refractivity contribution >= 4 is 35.0 Å². The summed E-state index contributed by atoms with van der Waals surface area (Å²) in [7, 11) is 0. The first-order chi connectivity index (χ1) is 12.5. The number of hydrogen-bond donors (Lipinski definition) is 1. The molecule has 3 rings (SSSR count). The first kappa shape index (κ1) is 18.4. The number of halogens is 2. The summed E-state index contributed by atoms with van der Waals surface area (Å²) in [4.78, 5) is 20.9. The van der Waals surface area contributed by atoms with Gasteiger partial charge in [0.1, 0.15) is 10.8 Å². The molecule has 0 unspecified atom stereocenters. The third-order valence-corrected chi connectivity index (χ3v) is 4.52. The molecule has 7 heteroatoms. The van der Waals surface area contributed by atoms with E-state index in [1.807, 2.05) is 6.92 Å². The fourth-order valence-corrected chi connectivity index (χ4v) is 3.22. The summed E-state index contributed by atoms with van der Waals surface area (Å²) < 4.78 is 13.4. The number of aryl methyl sites for hydroxylation is 1. The molecular formula is C19H15ClFN3OS. The first-order valence-corrected chi connectivity index (χ1v) is 9.16. The Morgan fingerprint density at radius 1 is 1.15 bits per heavy atom. The van der Waals surface area contributed by atoms with Crippen LogP contribution in [0.5, 0.6) is 0 Å². The van der Waals surface area contributed by atoms with Gasteiger partial charge in [-0.05, 0) is 43.3 Å². The van der Waals surface area contributed by atoms with Gasteiger partial charge in [0.25, 0.3) is 0 Å². The normalized spacial score (nSPS) is 10.6. The Morgan fingerprint density at radius 2 is 1.96 bits per heavy atom. The lowest BCUT2D eigenvalue weighted by Gasteiger charge is -2.07. The van der Waals surface area contributed by atoms with Crippen molar-refractivity contribution in [1.29, 1.82) is 0 Å². The van der Waals surface area contributed by atoms with Gasteiger partial charge in [0.15, 0.2) is 5.82 Å². The Balaban J connectivity index is 1.69. The Labute approximate surface area is 159 Å². The van der Waals surface area contributed by atoms with E-state index in [1.54, 1.807) is 42.5 Å². The van der Waals surface area contributed by atoms with Crippen molar-refractivity contribution in [3.05, 3.63) is 71.1 Å². The van der Waals surface area contributed by atoms with Gasteiger partial charge in [0, 0.05) is 22.0 Å². The topological polar surface area (TPSA) is 54.9 Å². The molecule has 0 saturated carbocycles. The number of nitrogens with one attached hydrogen (secondary N) is 1. The van der Waals surface area contributed by atoms with E-state index in [0.717, 1.165) is 5.69 Å². The minimum absolute atomic E-state index is 0.166. The SMILES string of the molecule is Cc1cc(SCC(=O)Nc2cccc(Cl)c2)nc(-c2cccc(F)c2)n1. The minimum Gasteiger partial charge on any atom is -0.325 e. The van der Waals surface area contributed by atoms with Crippen LogP contribution in [-0.2, 0) is 4.79 Å². The predicted octanol–water partition coefficient (Wildman–Crippen LogP) is 4.98. The lowest BCUT2D eigenvalue weighted by Crippen LogP contribution is -2.14. The van der Waals surface area contributed by atoms with Gasteiger partial charge in [0.05, 0.1) is 5.75 Å². The average molecular weight is 388 g/mol. The van der Waals surface area contributed by atoms with E-state index in [0.29, 0.717) is 27.1 Å². The van der Waals surface area contributed by atoms with Crippen molar-refractivity contribution in [2.45, 2.75) is 11.9 Å². The van der Waals surface area contributed by atoms with Crippen LogP contribution in [0.25, 0.3) is 11.4 Å². The second kappa shape index (κ2) is 8.29. The number of carbonyl (C=O) groups is 1. The number of amides is 1. The Hall–Kier alpha value is -2.44. The highest BCUT2D eigenvalue weighted by atomic mass is 35.5. The maximum atomic E-state index is 13.4.